The number of hydrogen-bond donors (Lipinski definition) is 1. The molecule has 0 aliphatic heterocycles. The van der Waals surface area contributed by atoms with Crippen molar-refractivity contribution in [3.05, 3.63) is 52.2 Å². The van der Waals surface area contributed by atoms with Crippen LogP contribution in [0.5, 0.6) is 0 Å². The van der Waals surface area contributed by atoms with Crippen molar-refractivity contribution in [3.8, 4) is 0 Å². The average molecular weight is 291 g/mol. The van der Waals surface area contributed by atoms with Gasteiger partial charge in [-0.1, -0.05) is 12.1 Å². The zero-order valence-corrected chi connectivity index (χ0v) is 12.7. The molecule has 0 saturated carbocycles. The van der Waals surface area contributed by atoms with Gasteiger partial charge in [0.15, 0.2) is 0 Å². The Kier molecular flexibility index (Phi) is 4.66. The molecule has 0 fully saturated rings. The third-order valence-corrected chi connectivity index (χ3v) is 4.02. The molecule has 1 heterocycles. The third kappa shape index (κ3) is 3.61. The van der Waals surface area contributed by atoms with Crippen molar-refractivity contribution >= 4 is 29.9 Å². The van der Waals surface area contributed by atoms with Gasteiger partial charge in [0, 0.05) is 21.4 Å². The van der Waals surface area contributed by atoms with Gasteiger partial charge >= 0.3 is 0 Å². The van der Waals surface area contributed by atoms with E-state index < -0.39 is 0 Å². The first-order chi connectivity index (χ1) is 9.08. The number of carbonyl (C=O) groups excluding carboxylic acids is 1. The van der Waals surface area contributed by atoms with Gasteiger partial charge in [0.1, 0.15) is 0 Å². The van der Waals surface area contributed by atoms with Gasteiger partial charge in [-0.05, 0) is 43.5 Å². The molecular weight excluding hydrogens is 274 g/mol. The van der Waals surface area contributed by atoms with E-state index in [1.807, 2.05) is 54.5 Å². The van der Waals surface area contributed by atoms with Crippen LogP contribution in [0.2, 0.25) is 0 Å². The molecule has 4 heteroatoms. The van der Waals surface area contributed by atoms with Crippen LogP contribution < -0.4 is 0 Å². The van der Waals surface area contributed by atoms with E-state index in [9.17, 15) is 4.79 Å². The van der Waals surface area contributed by atoms with Gasteiger partial charge in [-0.25, -0.2) is 0 Å². The lowest BCUT2D eigenvalue weighted by molar-refractivity contribution is 0.0692. The fourth-order valence-electron chi connectivity index (χ4n) is 1.86. The molecule has 1 amide bonds. The van der Waals surface area contributed by atoms with E-state index >= 15 is 0 Å². The van der Waals surface area contributed by atoms with Gasteiger partial charge in [-0.3, -0.25) is 4.79 Å². The molecular formula is C15H17NOS2. The van der Waals surface area contributed by atoms with Crippen molar-refractivity contribution < 1.29 is 4.79 Å². The van der Waals surface area contributed by atoms with E-state index in [0.29, 0.717) is 12.1 Å². The zero-order valence-electron chi connectivity index (χ0n) is 11.0. The van der Waals surface area contributed by atoms with Crippen LogP contribution in [0.4, 0.5) is 0 Å². The molecule has 0 aliphatic carbocycles. The average Bonchev–Trinajstić information content (AvgIpc) is 2.87. The molecule has 0 unspecified atom stereocenters. The van der Waals surface area contributed by atoms with Crippen molar-refractivity contribution in [1.29, 1.82) is 0 Å². The predicted molar refractivity (Wildman–Crippen MR) is 83.0 cm³/mol. The maximum absolute atomic E-state index is 12.6. The Labute approximate surface area is 123 Å². The van der Waals surface area contributed by atoms with Crippen LogP contribution in [-0.2, 0) is 6.54 Å². The Morgan fingerprint density at radius 1 is 1.32 bits per heavy atom. The molecule has 1 aromatic heterocycles. The largest absolute Gasteiger partial charge is 0.331 e. The van der Waals surface area contributed by atoms with Crippen molar-refractivity contribution in [2.45, 2.75) is 31.3 Å². The maximum Gasteiger partial charge on any atom is 0.254 e. The first-order valence-corrected chi connectivity index (χ1v) is 7.53. The van der Waals surface area contributed by atoms with Crippen molar-refractivity contribution in [2.24, 2.45) is 0 Å². The molecule has 0 aliphatic rings. The Morgan fingerprint density at radius 3 is 2.68 bits per heavy atom. The fourth-order valence-corrected chi connectivity index (χ4v) is 2.79. The molecule has 0 radical (unpaired) electrons. The summed E-state index contributed by atoms with van der Waals surface area (Å²) in [6.45, 7) is 4.73. The predicted octanol–water partition coefficient (Wildman–Crippen LogP) is 4.09. The minimum atomic E-state index is 0.0549. The summed E-state index contributed by atoms with van der Waals surface area (Å²) in [7, 11) is 0. The first-order valence-electron chi connectivity index (χ1n) is 6.20. The minimum Gasteiger partial charge on any atom is -0.331 e. The molecule has 0 N–H and O–H groups in total. The standard InChI is InChI=1S/C15H17NOS2/c1-11(2)16(10-14-7-4-8-19-14)15(17)12-5-3-6-13(18)9-12/h3-9,11,18H,10H2,1-2H3. The van der Waals surface area contributed by atoms with E-state index in [1.165, 1.54) is 4.88 Å². The van der Waals surface area contributed by atoms with Crippen molar-refractivity contribution in [2.75, 3.05) is 0 Å². The second-order valence-corrected chi connectivity index (χ2v) is 6.21. The highest BCUT2D eigenvalue weighted by atomic mass is 32.1. The lowest BCUT2D eigenvalue weighted by atomic mass is 10.1. The highest BCUT2D eigenvalue weighted by Crippen LogP contribution is 2.18. The molecule has 0 spiro atoms. The number of rotatable bonds is 4. The summed E-state index contributed by atoms with van der Waals surface area (Å²) in [6, 6.07) is 11.6. The topological polar surface area (TPSA) is 20.3 Å². The molecule has 19 heavy (non-hydrogen) atoms. The SMILES string of the molecule is CC(C)N(Cc1cccs1)C(=O)c1cccc(S)c1. The summed E-state index contributed by atoms with van der Waals surface area (Å²) in [6.07, 6.45) is 0. The summed E-state index contributed by atoms with van der Waals surface area (Å²) >= 11 is 5.96. The van der Waals surface area contributed by atoms with Crippen LogP contribution in [0, 0.1) is 0 Å². The lowest BCUT2D eigenvalue weighted by Gasteiger charge is -2.26. The smallest absolute Gasteiger partial charge is 0.254 e. The molecule has 2 aromatic rings. The third-order valence-electron chi connectivity index (χ3n) is 2.88. The molecule has 0 atom stereocenters. The highest BCUT2D eigenvalue weighted by molar-refractivity contribution is 7.80. The number of amides is 1. The minimum absolute atomic E-state index is 0.0549. The van der Waals surface area contributed by atoms with Crippen LogP contribution in [-0.4, -0.2) is 16.8 Å². The molecule has 0 bridgehead atoms. The van der Waals surface area contributed by atoms with Crippen LogP contribution >= 0.6 is 24.0 Å². The second-order valence-electron chi connectivity index (χ2n) is 4.66. The van der Waals surface area contributed by atoms with E-state index in [2.05, 4.69) is 18.7 Å². The number of hydrogen-bond acceptors (Lipinski definition) is 3. The Morgan fingerprint density at radius 2 is 2.11 bits per heavy atom. The number of thiophene rings is 1. The van der Waals surface area contributed by atoms with E-state index in [4.69, 9.17) is 0 Å². The fraction of sp³-hybridized carbons (Fsp3) is 0.267. The quantitative estimate of drug-likeness (QED) is 0.841. The highest BCUT2D eigenvalue weighted by Gasteiger charge is 2.19. The van der Waals surface area contributed by atoms with E-state index in [0.717, 1.165) is 4.90 Å². The van der Waals surface area contributed by atoms with Gasteiger partial charge < -0.3 is 4.90 Å². The number of thiol groups is 1. The molecule has 1 aromatic carbocycles. The number of carbonyl (C=O) groups is 1. The Bertz CT molecular complexity index is 549. The van der Waals surface area contributed by atoms with Gasteiger partial charge in [0.25, 0.3) is 5.91 Å². The van der Waals surface area contributed by atoms with Crippen LogP contribution in [0.25, 0.3) is 0 Å². The zero-order chi connectivity index (χ0) is 13.8. The van der Waals surface area contributed by atoms with Crippen molar-refractivity contribution in [3.63, 3.8) is 0 Å². The maximum atomic E-state index is 12.6. The summed E-state index contributed by atoms with van der Waals surface area (Å²) in [4.78, 5) is 16.5. The van der Waals surface area contributed by atoms with Gasteiger partial charge in [-0.15, -0.1) is 24.0 Å². The Balaban J connectivity index is 2.21. The molecule has 2 rings (SSSR count). The normalized spacial score (nSPS) is 10.7. The Hall–Kier alpha value is -1.26. The molecule has 100 valence electrons. The van der Waals surface area contributed by atoms with Crippen LogP contribution in [0.15, 0.2) is 46.7 Å². The lowest BCUT2D eigenvalue weighted by Crippen LogP contribution is -2.36. The first kappa shape index (κ1) is 14.2. The van der Waals surface area contributed by atoms with Crippen LogP contribution in [0.3, 0.4) is 0 Å². The summed E-state index contributed by atoms with van der Waals surface area (Å²) in [5.74, 6) is 0.0549. The van der Waals surface area contributed by atoms with E-state index in [1.54, 1.807) is 11.3 Å². The van der Waals surface area contributed by atoms with Gasteiger partial charge in [0.2, 0.25) is 0 Å². The van der Waals surface area contributed by atoms with Gasteiger partial charge in [0.05, 0.1) is 6.54 Å². The number of nitrogens with zero attached hydrogens (tertiary/aromatic N) is 1. The molecule has 0 saturated heterocycles. The number of benzene rings is 1. The summed E-state index contributed by atoms with van der Waals surface area (Å²) in [5, 5.41) is 2.03. The van der Waals surface area contributed by atoms with Crippen molar-refractivity contribution in [1.82, 2.24) is 4.90 Å². The second kappa shape index (κ2) is 6.26. The van der Waals surface area contributed by atoms with Crippen LogP contribution in [0.1, 0.15) is 29.1 Å². The molecule has 2 nitrogen and oxygen atoms in total. The monoisotopic (exact) mass is 291 g/mol. The van der Waals surface area contributed by atoms with E-state index in [-0.39, 0.29) is 11.9 Å². The summed E-state index contributed by atoms with van der Waals surface area (Å²) in [5.41, 5.74) is 0.692. The van der Waals surface area contributed by atoms with Gasteiger partial charge in [-0.2, -0.15) is 0 Å². The summed E-state index contributed by atoms with van der Waals surface area (Å²) < 4.78 is 0.